The molecule has 0 radical (unpaired) electrons. The average Bonchev–Trinajstić information content (AvgIpc) is 2.57. The molecule has 2 N–H and O–H groups in total. The zero-order valence-corrected chi connectivity index (χ0v) is 15.3. The first kappa shape index (κ1) is 19.0. The molecule has 1 aromatic carbocycles. The molecule has 0 spiro atoms. The molecule has 136 valence electrons. The molecule has 0 bridgehead atoms. The van der Waals surface area contributed by atoms with Gasteiger partial charge in [-0.3, -0.25) is 0 Å². The van der Waals surface area contributed by atoms with Crippen LogP contribution in [0.25, 0.3) is 0 Å². The summed E-state index contributed by atoms with van der Waals surface area (Å²) in [4.78, 5) is 0.248. The van der Waals surface area contributed by atoms with E-state index in [-0.39, 0.29) is 10.9 Å². The first-order chi connectivity index (χ1) is 11.5. The summed E-state index contributed by atoms with van der Waals surface area (Å²) in [5.74, 6) is 1.03. The SMILES string of the molecule is CCOc1ccc(S(=O)(=O)N2CCCCC2CCN)cc1OCC. The van der Waals surface area contributed by atoms with Crippen molar-refractivity contribution in [3.63, 3.8) is 0 Å². The van der Waals surface area contributed by atoms with Crippen LogP contribution < -0.4 is 15.2 Å². The zero-order chi connectivity index (χ0) is 17.6. The molecule has 1 saturated heterocycles. The Labute approximate surface area is 145 Å². The van der Waals surface area contributed by atoms with Gasteiger partial charge < -0.3 is 15.2 Å². The summed E-state index contributed by atoms with van der Waals surface area (Å²) in [6.45, 7) is 5.72. The van der Waals surface area contributed by atoms with Crippen LogP contribution >= 0.6 is 0 Å². The van der Waals surface area contributed by atoms with Gasteiger partial charge >= 0.3 is 0 Å². The smallest absolute Gasteiger partial charge is 0.243 e. The molecule has 1 heterocycles. The van der Waals surface area contributed by atoms with Crippen molar-refractivity contribution in [2.24, 2.45) is 5.73 Å². The van der Waals surface area contributed by atoms with Crippen molar-refractivity contribution in [3.8, 4) is 11.5 Å². The Balaban J connectivity index is 2.35. The largest absolute Gasteiger partial charge is 0.490 e. The van der Waals surface area contributed by atoms with Crippen LogP contribution in [-0.2, 0) is 10.0 Å². The maximum Gasteiger partial charge on any atom is 0.243 e. The van der Waals surface area contributed by atoms with E-state index in [9.17, 15) is 8.42 Å². The molecule has 24 heavy (non-hydrogen) atoms. The second kappa shape index (κ2) is 8.69. The van der Waals surface area contributed by atoms with Crippen molar-refractivity contribution < 1.29 is 17.9 Å². The first-order valence-corrected chi connectivity index (χ1v) is 10.1. The van der Waals surface area contributed by atoms with Crippen LogP contribution in [0.2, 0.25) is 0 Å². The maximum absolute atomic E-state index is 13.1. The van der Waals surface area contributed by atoms with Crippen molar-refractivity contribution in [2.75, 3.05) is 26.3 Å². The lowest BCUT2D eigenvalue weighted by atomic mass is 10.0. The molecule has 0 saturated carbocycles. The number of nitrogens with zero attached hydrogens (tertiary/aromatic N) is 1. The normalized spacial score (nSPS) is 19.2. The van der Waals surface area contributed by atoms with Crippen molar-refractivity contribution in [3.05, 3.63) is 18.2 Å². The molecule has 0 aromatic heterocycles. The highest BCUT2D eigenvalue weighted by Gasteiger charge is 2.33. The molecule has 1 aliphatic rings. The lowest BCUT2D eigenvalue weighted by molar-refractivity contribution is 0.243. The molecular formula is C17H28N2O4S. The minimum absolute atomic E-state index is 0.0177. The van der Waals surface area contributed by atoms with Crippen LogP contribution in [0, 0.1) is 0 Å². The van der Waals surface area contributed by atoms with E-state index in [4.69, 9.17) is 15.2 Å². The van der Waals surface area contributed by atoms with Gasteiger partial charge in [-0.25, -0.2) is 8.42 Å². The number of rotatable bonds is 8. The van der Waals surface area contributed by atoms with E-state index in [2.05, 4.69) is 0 Å². The highest BCUT2D eigenvalue weighted by molar-refractivity contribution is 7.89. The van der Waals surface area contributed by atoms with E-state index < -0.39 is 10.0 Å². The van der Waals surface area contributed by atoms with E-state index in [1.54, 1.807) is 22.5 Å². The van der Waals surface area contributed by atoms with Crippen LogP contribution in [-0.4, -0.2) is 45.1 Å². The fourth-order valence-electron chi connectivity index (χ4n) is 3.10. The van der Waals surface area contributed by atoms with Gasteiger partial charge in [-0.15, -0.1) is 0 Å². The van der Waals surface area contributed by atoms with Crippen molar-refractivity contribution in [1.82, 2.24) is 4.31 Å². The van der Waals surface area contributed by atoms with Gasteiger partial charge in [-0.1, -0.05) is 6.42 Å². The van der Waals surface area contributed by atoms with Gasteiger partial charge in [0.15, 0.2) is 11.5 Å². The molecule has 1 fully saturated rings. The monoisotopic (exact) mass is 356 g/mol. The van der Waals surface area contributed by atoms with E-state index in [1.807, 2.05) is 13.8 Å². The fraction of sp³-hybridized carbons (Fsp3) is 0.647. The summed E-state index contributed by atoms with van der Waals surface area (Å²) in [5.41, 5.74) is 5.66. The van der Waals surface area contributed by atoms with Crippen LogP contribution in [0.3, 0.4) is 0 Å². The number of nitrogens with two attached hydrogens (primary N) is 1. The Hall–Kier alpha value is -1.31. The van der Waals surface area contributed by atoms with Gasteiger partial charge in [0, 0.05) is 18.7 Å². The third kappa shape index (κ3) is 4.20. The van der Waals surface area contributed by atoms with Gasteiger partial charge in [-0.2, -0.15) is 4.31 Å². The maximum atomic E-state index is 13.1. The average molecular weight is 356 g/mol. The third-order valence-corrected chi connectivity index (χ3v) is 6.14. The number of benzene rings is 1. The van der Waals surface area contributed by atoms with Crippen LogP contribution in [0.15, 0.2) is 23.1 Å². The molecule has 1 aliphatic heterocycles. The van der Waals surface area contributed by atoms with E-state index >= 15 is 0 Å². The Morgan fingerprint density at radius 1 is 1.17 bits per heavy atom. The van der Waals surface area contributed by atoms with Crippen LogP contribution in [0.4, 0.5) is 0 Å². The molecule has 6 nitrogen and oxygen atoms in total. The lowest BCUT2D eigenvalue weighted by Crippen LogP contribution is -2.44. The van der Waals surface area contributed by atoms with Crippen molar-refractivity contribution >= 4 is 10.0 Å². The summed E-state index contributed by atoms with van der Waals surface area (Å²) >= 11 is 0. The molecule has 0 amide bonds. The third-order valence-electron chi connectivity index (χ3n) is 4.19. The van der Waals surface area contributed by atoms with Crippen molar-refractivity contribution in [1.29, 1.82) is 0 Å². The minimum atomic E-state index is -3.56. The van der Waals surface area contributed by atoms with E-state index in [1.165, 1.54) is 0 Å². The Morgan fingerprint density at radius 2 is 1.88 bits per heavy atom. The van der Waals surface area contributed by atoms with Crippen LogP contribution in [0.1, 0.15) is 39.5 Å². The number of hydrogen-bond acceptors (Lipinski definition) is 5. The molecule has 1 atom stereocenters. The molecule has 0 aliphatic carbocycles. The minimum Gasteiger partial charge on any atom is -0.490 e. The predicted octanol–water partition coefficient (Wildman–Crippen LogP) is 2.38. The fourth-order valence-corrected chi connectivity index (χ4v) is 4.84. The second-order valence-electron chi connectivity index (χ2n) is 5.82. The van der Waals surface area contributed by atoms with Crippen LogP contribution in [0.5, 0.6) is 11.5 Å². The van der Waals surface area contributed by atoms with Crippen molar-refractivity contribution in [2.45, 2.75) is 50.5 Å². The van der Waals surface area contributed by atoms with E-state index in [0.29, 0.717) is 44.2 Å². The highest BCUT2D eigenvalue weighted by Crippen LogP contribution is 2.33. The zero-order valence-electron chi connectivity index (χ0n) is 14.5. The number of ether oxygens (including phenoxy) is 2. The number of hydrogen-bond donors (Lipinski definition) is 1. The van der Waals surface area contributed by atoms with Gasteiger partial charge in [0.1, 0.15) is 0 Å². The van der Waals surface area contributed by atoms with Gasteiger partial charge in [-0.05, 0) is 51.8 Å². The summed E-state index contributed by atoms with van der Waals surface area (Å²) in [5, 5.41) is 0. The second-order valence-corrected chi connectivity index (χ2v) is 7.71. The Bertz CT molecular complexity index is 631. The lowest BCUT2D eigenvalue weighted by Gasteiger charge is -2.34. The van der Waals surface area contributed by atoms with Gasteiger partial charge in [0.05, 0.1) is 18.1 Å². The molecular weight excluding hydrogens is 328 g/mol. The molecule has 7 heteroatoms. The number of piperidine rings is 1. The van der Waals surface area contributed by atoms with Gasteiger partial charge in [0.25, 0.3) is 0 Å². The molecule has 1 unspecified atom stereocenters. The first-order valence-electron chi connectivity index (χ1n) is 8.66. The summed E-state index contributed by atoms with van der Waals surface area (Å²) < 4.78 is 38.9. The summed E-state index contributed by atoms with van der Waals surface area (Å²) in [6, 6.07) is 4.81. The van der Waals surface area contributed by atoms with Gasteiger partial charge in [0.2, 0.25) is 10.0 Å². The number of sulfonamides is 1. The quantitative estimate of drug-likeness (QED) is 0.773. The molecule has 2 rings (SSSR count). The highest BCUT2D eigenvalue weighted by atomic mass is 32.2. The Morgan fingerprint density at radius 3 is 2.54 bits per heavy atom. The molecule has 1 aromatic rings. The van der Waals surface area contributed by atoms with E-state index in [0.717, 1.165) is 19.3 Å². The summed E-state index contributed by atoms with van der Waals surface area (Å²) in [6.07, 6.45) is 3.49. The topological polar surface area (TPSA) is 81.9 Å². The Kier molecular flexibility index (Phi) is 6.89. The standard InChI is InChI=1S/C17H28N2O4S/c1-3-22-16-9-8-15(13-17(16)23-4-2)24(20,21)19-12-6-5-7-14(19)10-11-18/h8-9,13-14H,3-7,10-12,18H2,1-2H3. The summed E-state index contributed by atoms with van der Waals surface area (Å²) in [7, 11) is -3.56. The predicted molar refractivity (Wildman–Crippen MR) is 94.0 cm³/mol.